The molecule has 0 saturated carbocycles. The molecule has 3 aromatic carbocycles. The summed E-state index contributed by atoms with van der Waals surface area (Å²) in [5, 5.41) is 8.12. The SMILES string of the molecule is CC(OC(=O)c1nn(-c2ccccc2)c(=O)c2ccccc12)C(=O)Nc1ccc(Cl)cc1. The monoisotopic (exact) mass is 447 g/mol. The molecule has 4 aromatic rings. The van der Waals surface area contributed by atoms with E-state index >= 15 is 0 Å². The van der Waals surface area contributed by atoms with Crippen LogP contribution in [-0.2, 0) is 9.53 Å². The van der Waals surface area contributed by atoms with Crippen molar-refractivity contribution >= 4 is 39.9 Å². The Morgan fingerprint density at radius 3 is 2.25 bits per heavy atom. The van der Waals surface area contributed by atoms with E-state index in [0.29, 0.717) is 27.2 Å². The summed E-state index contributed by atoms with van der Waals surface area (Å²) in [7, 11) is 0. The van der Waals surface area contributed by atoms with Gasteiger partial charge < -0.3 is 10.1 Å². The van der Waals surface area contributed by atoms with Crippen LogP contribution in [0.5, 0.6) is 0 Å². The second-order valence-electron chi connectivity index (χ2n) is 6.99. The summed E-state index contributed by atoms with van der Waals surface area (Å²) in [5.41, 5.74) is 0.599. The van der Waals surface area contributed by atoms with Crippen LogP contribution < -0.4 is 10.9 Å². The number of benzene rings is 3. The Bertz CT molecular complexity index is 1350. The average molecular weight is 448 g/mol. The smallest absolute Gasteiger partial charge is 0.360 e. The molecular formula is C24H18ClN3O4. The molecule has 0 bridgehead atoms. The first-order chi connectivity index (χ1) is 15.4. The van der Waals surface area contributed by atoms with Crippen molar-refractivity contribution in [2.24, 2.45) is 0 Å². The van der Waals surface area contributed by atoms with Crippen molar-refractivity contribution in [3.05, 3.63) is 99.9 Å². The predicted octanol–water partition coefficient (Wildman–Crippen LogP) is 4.22. The Morgan fingerprint density at radius 2 is 1.56 bits per heavy atom. The minimum Gasteiger partial charge on any atom is -0.448 e. The zero-order valence-corrected chi connectivity index (χ0v) is 17.7. The highest BCUT2D eigenvalue weighted by Crippen LogP contribution is 2.18. The number of fused-ring (bicyclic) bond motifs is 1. The third-order valence-electron chi connectivity index (χ3n) is 4.76. The summed E-state index contributed by atoms with van der Waals surface area (Å²) in [5.74, 6) is -1.33. The van der Waals surface area contributed by atoms with Gasteiger partial charge in [-0.15, -0.1) is 0 Å². The van der Waals surface area contributed by atoms with Crippen molar-refractivity contribution in [2.75, 3.05) is 5.32 Å². The molecule has 1 atom stereocenters. The fraction of sp³-hybridized carbons (Fsp3) is 0.0833. The molecule has 7 nitrogen and oxygen atoms in total. The molecule has 32 heavy (non-hydrogen) atoms. The Morgan fingerprint density at radius 1 is 0.938 bits per heavy atom. The number of nitrogens with one attached hydrogen (secondary N) is 1. The van der Waals surface area contributed by atoms with Crippen LogP contribution in [0, 0.1) is 0 Å². The van der Waals surface area contributed by atoms with Crippen LogP contribution in [-0.4, -0.2) is 27.8 Å². The average Bonchev–Trinajstić information content (AvgIpc) is 2.81. The number of aromatic nitrogens is 2. The Balaban J connectivity index is 1.64. The maximum atomic E-state index is 13.0. The van der Waals surface area contributed by atoms with Gasteiger partial charge in [0.05, 0.1) is 11.1 Å². The molecule has 1 unspecified atom stereocenters. The third-order valence-corrected chi connectivity index (χ3v) is 5.02. The highest BCUT2D eigenvalue weighted by atomic mass is 35.5. The second kappa shape index (κ2) is 9.03. The maximum Gasteiger partial charge on any atom is 0.360 e. The van der Waals surface area contributed by atoms with Crippen LogP contribution in [0.3, 0.4) is 0 Å². The Hall–Kier alpha value is -3.97. The topological polar surface area (TPSA) is 90.3 Å². The van der Waals surface area contributed by atoms with Gasteiger partial charge in [-0.05, 0) is 49.4 Å². The van der Waals surface area contributed by atoms with Crippen molar-refractivity contribution < 1.29 is 14.3 Å². The number of para-hydroxylation sites is 1. The molecule has 160 valence electrons. The highest BCUT2D eigenvalue weighted by Gasteiger charge is 2.23. The first-order valence-corrected chi connectivity index (χ1v) is 10.2. The Labute approximate surface area is 188 Å². The fourth-order valence-corrected chi connectivity index (χ4v) is 3.26. The molecule has 1 amide bonds. The normalized spacial score (nSPS) is 11.7. The lowest BCUT2D eigenvalue weighted by Gasteiger charge is -2.15. The first-order valence-electron chi connectivity index (χ1n) is 9.79. The van der Waals surface area contributed by atoms with Crippen molar-refractivity contribution in [3.63, 3.8) is 0 Å². The fourth-order valence-electron chi connectivity index (χ4n) is 3.13. The molecule has 0 aliphatic rings. The number of halogens is 1. The summed E-state index contributed by atoms with van der Waals surface area (Å²) in [6.07, 6.45) is -1.10. The quantitative estimate of drug-likeness (QED) is 0.462. The Kier molecular flexibility index (Phi) is 6.00. The van der Waals surface area contributed by atoms with E-state index in [4.69, 9.17) is 16.3 Å². The molecule has 8 heteroatoms. The van der Waals surface area contributed by atoms with Crippen LogP contribution in [0.1, 0.15) is 17.4 Å². The number of ether oxygens (including phenoxy) is 1. The summed E-state index contributed by atoms with van der Waals surface area (Å²) < 4.78 is 6.53. The summed E-state index contributed by atoms with van der Waals surface area (Å²) in [4.78, 5) is 38.4. The number of hydrogen-bond acceptors (Lipinski definition) is 5. The number of hydrogen-bond donors (Lipinski definition) is 1. The highest BCUT2D eigenvalue weighted by molar-refractivity contribution is 6.30. The van der Waals surface area contributed by atoms with Gasteiger partial charge in [0.25, 0.3) is 11.5 Å². The van der Waals surface area contributed by atoms with E-state index in [1.165, 1.54) is 6.92 Å². The molecule has 0 spiro atoms. The van der Waals surface area contributed by atoms with Crippen molar-refractivity contribution in [1.29, 1.82) is 0 Å². The maximum absolute atomic E-state index is 13.0. The van der Waals surface area contributed by atoms with E-state index in [-0.39, 0.29) is 11.3 Å². The number of esters is 1. The molecule has 0 fully saturated rings. The molecule has 0 aliphatic heterocycles. The van der Waals surface area contributed by atoms with E-state index in [2.05, 4.69) is 10.4 Å². The minimum atomic E-state index is -1.10. The number of anilines is 1. The van der Waals surface area contributed by atoms with Crippen LogP contribution in [0.15, 0.2) is 83.7 Å². The molecule has 4 rings (SSSR count). The number of amides is 1. The number of rotatable bonds is 5. The molecular weight excluding hydrogens is 430 g/mol. The molecule has 1 heterocycles. The van der Waals surface area contributed by atoms with Gasteiger partial charge in [0.15, 0.2) is 11.8 Å². The van der Waals surface area contributed by atoms with Crippen molar-refractivity contribution in [3.8, 4) is 5.69 Å². The van der Waals surface area contributed by atoms with Gasteiger partial charge in [-0.25, -0.2) is 4.79 Å². The zero-order chi connectivity index (χ0) is 22.7. The van der Waals surface area contributed by atoms with E-state index < -0.39 is 18.0 Å². The van der Waals surface area contributed by atoms with Gasteiger partial charge in [-0.3, -0.25) is 9.59 Å². The van der Waals surface area contributed by atoms with Gasteiger partial charge in [0, 0.05) is 16.1 Å². The predicted molar refractivity (Wildman–Crippen MR) is 122 cm³/mol. The molecule has 0 radical (unpaired) electrons. The minimum absolute atomic E-state index is 0.0600. The summed E-state index contributed by atoms with van der Waals surface area (Å²) >= 11 is 5.85. The van der Waals surface area contributed by atoms with E-state index in [0.717, 1.165) is 4.68 Å². The lowest BCUT2D eigenvalue weighted by molar-refractivity contribution is -0.123. The number of nitrogens with zero attached hydrogens (tertiary/aromatic N) is 2. The van der Waals surface area contributed by atoms with Gasteiger partial charge in [-0.2, -0.15) is 9.78 Å². The van der Waals surface area contributed by atoms with Gasteiger partial charge in [0.1, 0.15) is 0 Å². The molecule has 1 aromatic heterocycles. The zero-order valence-electron chi connectivity index (χ0n) is 17.0. The number of carbonyl (C=O) groups excluding carboxylic acids is 2. The first kappa shape index (κ1) is 21.3. The molecule has 0 aliphatic carbocycles. The van der Waals surface area contributed by atoms with E-state index in [1.54, 1.807) is 72.8 Å². The van der Waals surface area contributed by atoms with Crippen LogP contribution in [0.2, 0.25) is 5.02 Å². The lowest BCUT2D eigenvalue weighted by atomic mass is 10.1. The molecule has 1 N–H and O–H groups in total. The van der Waals surface area contributed by atoms with Gasteiger partial charge in [0.2, 0.25) is 0 Å². The largest absolute Gasteiger partial charge is 0.448 e. The molecule has 0 saturated heterocycles. The third kappa shape index (κ3) is 4.38. The standard InChI is InChI=1S/C24H18ClN3O4/c1-15(22(29)26-17-13-11-16(25)12-14-17)32-24(31)21-19-9-5-6-10-20(19)23(30)28(27-21)18-7-3-2-4-8-18/h2-15H,1H3,(H,26,29). The second-order valence-corrected chi connectivity index (χ2v) is 7.43. The van der Waals surface area contributed by atoms with Crippen LogP contribution >= 0.6 is 11.6 Å². The van der Waals surface area contributed by atoms with E-state index in [9.17, 15) is 14.4 Å². The number of carbonyl (C=O) groups is 2. The summed E-state index contributed by atoms with van der Waals surface area (Å²) in [6, 6.07) is 21.9. The van der Waals surface area contributed by atoms with Crippen LogP contribution in [0.25, 0.3) is 16.5 Å². The lowest BCUT2D eigenvalue weighted by Crippen LogP contribution is -2.31. The van der Waals surface area contributed by atoms with Gasteiger partial charge in [-0.1, -0.05) is 48.0 Å². The summed E-state index contributed by atoms with van der Waals surface area (Å²) in [6.45, 7) is 1.46. The van der Waals surface area contributed by atoms with Crippen LogP contribution in [0.4, 0.5) is 5.69 Å². The van der Waals surface area contributed by atoms with Gasteiger partial charge >= 0.3 is 5.97 Å². The van der Waals surface area contributed by atoms with E-state index in [1.807, 2.05) is 6.07 Å². The van der Waals surface area contributed by atoms with Crippen molar-refractivity contribution in [1.82, 2.24) is 9.78 Å². The van der Waals surface area contributed by atoms with Crippen molar-refractivity contribution in [2.45, 2.75) is 13.0 Å².